The van der Waals surface area contributed by atoms with Crippen molar-refractivity contribution in [2.24, 2.45) is 0 Å². The fraction of sp³-hybridized carbons (Fsp3) is 0.222. The number of amides is 1. The molecule has 0 unspecified atom stereocenters. The molecule has 2 aromatic carbocycles. The van der Waals surface area contributed by atoms with E-state index in [2.05, 4.69) is 4.98 Å². The Kier molecular flexibility index (Phi) is 5.11. The van der Waals surface area contributed by atoms with Gasteiger partial charge in [-0.05, 0) is 24.6 Å². The number of hydrogen-bond acceptors (Lipinski definition) is 4. The van der Waals surface area contributed by atoms with E-state index in [1.807, 2.05) is 44.3 Å². The Morgan fingerprint density at radius 3 is 2.79 bits per heavy atom. The van der Waals surface area contributed by atoms with Gasteiger partial charge >= 0.3 is 0 Å². The number of carbonyl (C=O) groups excluding carboxylic acids is 1. The van der Waals surface area contributed by atoms with Crippen LogP contribution in [0.4, 0.5) is 0 Å². The fourth-order valence-corrected chi connectivity index (χ4v) is 3.26. The maximum absolute atomic E-state index is 12.4. The van der Waals surface area contributed by atoms with Crippen LogP contribution in [0.1, 0.15) is 18.5 Å². The molecule has 0 N–H and O–H groups in total. The highest BCUT2D eigenvalue weighted by molar-refractivity contribution is 7.99. The average Bonchev–Trinajstić information content (AvgIpc) is 3.01. The zero-order valence-corrected chi connectivity index (χ0v) is 15.0. The van der Waals surface area contributed by atoms with E-state index in [0.29, 0.717) is 15.8 Å². The Labute approximate surface area is 149 Å². The Morgan fingerprint density at radius 2 is 2.04 bits per heavy atom. The van der Waals surface area contributed by atoms with Gasteiger partial charge in [-0.15, -0.1) is 0 Å². The van der Waals surface area contributed by atoms with Crippen molar-refractivity contribution in [3.05, 3.63) is 59.1 Å². The number of oxazole rings is 1. The molecule has 0 aliphatic rings. The molecule has 0 bridgehead atoms. The van der Waals surface area contributed by atoms with Crippen molar-refractivity contribution in [1.29, 1.82) is 0 Å². The van der Waals surface area contributed by atoms with E-state index in [1.54, 1.807) is 23.1 Å². The summed E-state index contributed by atoms with van der Waals surface area (Å²) in [4.78, 5) is 18.5. The van der Waals surface area contributed by atoms with Crippen LogP contribution < -0.4 is 0 Å². The predicted molar refractivity (Wildman–Crippen MR) is 97.4 cm³/mol. The first kappa shape index (κ1) is 16.9. The van der Waals surface area contributed by atoms with E-state index < -0.39 is 0 Å². The van der Waals surface area contributed by atoms with Gasteiger partial charge in [-0.2, -0.15) is 0 Å². The molecule has 24 heavy (non-hydrogen) atoms. The molecule has 0 aliphatic heterocycles. The van der Waals surface area contributed by atoms with E-state index in [4.69, 9.17) is 16.0 Å². The second kappa shape index (κ2) is 7.28. The van der Waals surface area contributed by atoms with Gasteiger partial charge in [0.05, 0.1) is 11.8 Å². The molecule has 4 nitrogen and oxygen atoms in total. The van der Waals surface area contributed by atoms with Crippen LogP contribution in [0, 0.1) is 0 Å². The zero-order chi connectivity index (χ0) is 17.1. The Balaban J connectivity index is 1.63. The third-order valence-corrected chi connectivity index (χ3v) is 4.95. The minimum atomic E-state index is 0.0155. The van der Waals surface area contributed by atoms with E-state index in [9.17, 15) is 4.79 Å². The van der Waals surface area contributed by atoms with Gasteiger partial charge in [-0.25, -0.2) is 4.98 Å². The standard InChI is InChI=1S/C18H17ClN2O2S/c1-12(13-6-4-3-5-7-13)21(2)17(22)11-24-18-20-15-9-8-14(19)10-16(15)23-18/h3-10,12H,11H2,1-2H3/t12-/m1/s1. The minimum absolute atomic E-state index is 0.0155. The lowest BCUT2D eigenvalue weighted by Crippen LogP contribution is -2.31. The molecule has 0 radical (unpaired) electrons. The number of rotatable bonds is 5. The molecule has 0 fully saturated rings. The van der Waals surface area contributed by atoms with E-state index in [-0.39, 0.29) is 17.7 Å². The minimum Gasteiger partial charge on any atom is -0.431 e. The normalized spacial score (nSPS) is 12.3. The topological polar surface area (TPSA) is 46.3 Å². The third-order valence-electron chi connectivity index (χ3n) is 3.91. The van der Waals surface area contributed by atoms with Gasteiger partial charge in [0.15, 0.2) is 5.58 Å². The summed E-state index contributed by atoms with van der Waals surface area (Å²) in [6, 6.07) is 15.3. The van der Waals surface area contributed by atoms with Crippen LogP contribution in [-0.4, -0.2) is 28.6 Å². The van der Waals surface area contributed by atoms with Crippen LogP contribution in [0.3, 0.4) is 0 Å². The Hall–Kier alpha value is -1.98. The first-order valence-electron chi connectivity index (χ1n) is 7.54. The molecule has 6 heteroatoms. The first-order chi connectivity index (χ1) is 11.5. The molecule has 0 saturated heterocycles. The number of benzene rings is 2. The van der Waals surface area contributed by atoms with Crippen molar-refractivity contribution in [1.82, 2.24) is 9.88 Å². The van der Waals surface area contributed by atoms with Crippen LogP contribution in [0.5, 0.6) is 0 Å². The summed E-state index contributed by atoms with van der Waals surface area (Å²) < 4.78 is 5.62. The smallest absolute Gasteiger partial charge is 0.257 e. The van der Waals surface area contributed by atoms with Gasteiger partial charge in [0.1, 0.15) is 5.52 Å². The van der Waals surface area contributed by atoms with Gasteiger partial charge in [0, 0.05) is 18.1 Å². The van der Waals surface area contributed by atoms with Crippen LogP contribution in [-0.2, 0) is 4.79 Å². The predicted octanol–water partition coefficient (Wildman–Crippen LogP) is 4.79. The van der Waals surface area contributed by atoms with E-state index in [0.717, 1.165) is 11.1 Å². The summed E-state index contributed by atoms with van der Waals surface area (Å²) in [5, 5.41) is 1.07. The highest BCUT2D eigenvalue weighted by atomic mass is 35.5. The molecule has 1 amide bonds. The van der Waals surface area contributed by atoms with Crippen LogP contribution in [0.15, 0.2) is 58.2 Å². The largest absolute Gasteiger partial charge is 0.431 e. The lowest BCUT2D eigenvalue weighted by molar-refractivity contribution is -0.128. The SMILES string of the molecule is C[C@H](c1ccccc1)N(C)C(=O)CSc1nc2ccc(Cl)cc2o1. The van der Waals surface area contributed by atoms with Gasteiger partial charge in [-0.1, -0.05) is 53.7 Å². The van der Waals surface area contributed by atoms with Gasteiger partial charge < -0.3 is 9.32 Å². The molecule has 3 aromatic rings. The molecule has 3 rings (SSSR count). The van der Waals surface area contributed by atoms with Gasteiger partial charge in [-0.3, -0.25) is 4.79 Å². The van der Waals surface area contributed by atoms with Crippen molar-refractivity contribution < 1.29 is 9.21 Å². The van der Waals surface area contributed by atoms with Crippen molar-refractivity contribution in [2.45, 2.75) is 18.2 Å². The summed E-state index contributed by atoms with van der Waals surface area (Å²) in [6.45, 7) is 2.01. The molecule has 1 heterocycles. The number of thioether (sulfide) groups is 1. The highest BCUT2D eigenvalue weighted by Crippen LogP contribution is 2.26. The van der Waals surface area contributed by atoms with Gasteiger partial charge in [0.25, 0.3) is 5.22 Å². The number of hydrogen-bond donors (Lipinski definition) is 0. The average molecular weight is 361 g/mol. The molecular weight excluding hydrogens is 344 g/mol. The molecule has 0 aliphatic carbocycles. The maximum Gasteiger partial charge on any atom is 0.257 e. The second-order valence-corrected chi connectivity index (χ2v) is 6.83. The summed E-state index contributed by atoms with van der Waals surface area (Å²) in [6.07, 6.45) is 0. The van der Waals surface area contributed by atoms with E-state index >= 15 is 0 Å². The van der Waals surface area contributed by atoms with Crippen LogP contribution in [0.25, 0.3) is 11.1 Å². The quantitative estimate of drug-likeness (QED) is 0.613. The number of carbonyl (C=O) groups is 1. The van der Waals surface area contributed by atoms with Crippen LogP contribution >= 0.6 is 23.4 Å². The Bertz CT molecular complexity index is 851. The lowest BCUT2D eigenvalue weighted by atomic mass is 10.1. The van der Waals surface area contributed by atoms with E-state index in [1.165, 1.54) is 11.8 Å². The zero-order valence-electron chi connectivity index (χ0n) is 13.4. The molecule has 0 spiro atoms. The second-order valence-electron chi connectivity index (χ2n) is 5.47. The maximum atomic E-state index is 12.4. The summed E-state index contributed by atoms with van der Waals surface area (Å²) in [7, 11) is 1.81. The molecule has 124 valence electrons. The summed E-state index contributed by atoms with van der Waals surface area (Å²) in [5.74, 6) is 0.297. The van der Waals surface area contributed by atoms with Crippen molar-refractivity contribution in [3.63, 3.8) is 0 Å². The fourth-order valence-electron chi connectivity index (χ4n) is 2.34. The highest BCUT2D eigenvalue weighted by Gasteiger charge is 2.18. The number of fused-ring (bicyclic) bond motifs is 1. The molecule has 1 atom stereocenters. The molecular formula is C18H17ClN2O2S. The number of aromatic nitrogens is 1. The van der Waals surface area contributed by atoms with Crippen LogP contribution in [0.2, 0.25) is 5.02 Å². The molecule has 1 aromatic heterocycles. The number of halogens is 1. The van der Waals surface area contributed by atoms with Crippen molar-refractivity contribution in [2.75, 3.05) is 12.8 Å². The monoisotopic (exact) mass is 360 g/mol. The lowest BCUT2D eigenvalue weighted by Gasteiger charge is -2.25. The molecule has 0 saturated carbocycles. The van der Waals surface area contributed by atoms with Gasteiger partial charge in [0.2, 0.25) is 5.91 Å². The summed E-state index contributed by atoms with van der Waals surface area (Å²) >= 11 is 7.22. The van der Waals surface area contributed by atoms with Crippen molar-refractivity contribution >= 4 is 40.4 Å². The third kappa shape index (κ3) is 3.74. The number of nitrogens with zero attached hydrogens (tertiary/aromatic N) is 2. The van der Waals surface area contributed by atoms with Crippen molar-refractivity contribution in [3.8, 4) is 0 Å². The first-order valence-corrected chi connectivity index (χ1v) is 8.90. The summed E-state index contributed by atoms with van der Waals surface area (Å²) in [5.41, 5.74) is 2.47. The Morgan fingerprint density at radius 1 is 1.29 bits per heavy atom.